The highest BCUT2D eigenvalue weighted by molar-refractivity contribution is 14.1. The second kappa shape index (κ2) is 7.51. The number of nitrogens with one attached hydrogen (secondary N) is 2. The van der Waals surface area contributed by atoms with Crippen molar-refractivity contribution in [3.05, 3.63) is 63.4 Å². The van der Waals surface area contributed by atoms with E-state index in [0.29, 0.717) is 26.5 Å². The SMILES string of the molecule is O=C1COC2=CN(C(=O)c3c(Nc4ccc(I)cc4F)sc4ncccc34)C[C@@H]2N1. The Morgan fingerprint density at radius 3 is 3.10 bits per heavy atom. The molecule has 2 amide bonds. The minimum absolute atomic E-state index is 0.0610. The molecule has 0 spiro atoms. The van der Waals surface area contributed by atoms with Gasteiger partial charge in [-0.25, -0.2) is 9.37 Å². The molecule has 2 N–H and O–H groups in total. The smallest absolute Gasteiger partial charge is 0.261 e. The Morgan fingerprint density at radius 2 is 2.27 bits per heavy atom. The second-order valence-corrected chi connectivity index (χ2v) is 9.05. The van der Waals surface area contributed by atoms with Gasteiger partial charge < -0.3 is 20.3 Å². The van der Waals surface area contributed by atoms with Crippen LogP contribution in [0.3, 0.4) is 0 Å². The normalized spacial score (nSPS) is 17.9. The third kappa shape index (κ3) is 3.39. The summed E-state index contributed by atoms with van der Waals surface area (Å²) in [5.41, 5.74) is 0.683. The van der Waals surface area contributed by atoms with Gasteiger partial charge in [0, 0.05) is 21.4 Å². The van der Waals surface area contributed by atoms with Crippen molar-refractivity contribution in [3.8, 4) is 0 Å². The highest BCUT2D eigenvalue weighted by atomic mass is 127. The van der Waals surface area contributed by atoms with Crippen molar-refractivity contribution < 1.29 is 18.7 Å². The number of carbonyl (C=O) groups excluding carboxylic acids is 2. The number of amides is 2. The molecule has 7 nitrogen and oxygen atoms in total. The van der Waals surface area contributed by atoms with Crippen LogP contribution in [0.25, 0.3) is 10.2 Å². The third-order valence-electron chi connectivity index (χ3n) is 4.83. The first-order valence-corrected chi connectivity index (χ1v) is 10.9. The molecule has 1 saturated heterocycles. The van der Waals surface area contributed by atoms with Crippen molar-refractivity contribution in [2.24, 2.45) is 0 Å². The largest absolute Gasteiger partial charge is 0.484 e. The molecule has 2 aliphatic heterocycles. The zero-order valence-corrected chi connectivity index (χ0v) is 18.3. The fourth-order valence-electron chi connectivity index (χ4n) is 3.45. The lowest BCUT2D eigenvalue weighted by atomic mass is 10.1. The molecule has 1 fully saturated rings. The van der Waals surface area contributed by atoms with Gasteiger partial charge in [-0.15, -0.1) is 0 Å². The lowest BCUT2D eigenvalue weighted by Gasteiger charge is -2.22. The van der Waals surface area contributed by atoms with Crippen LogP contribution in [-0.2, 0) is 9.53 Å². The highest BCUT2D eigenvalue weighted by Crippen LogP contribution is 2.38. The van der Waals surface area contributed by atoms with E-state index in [9.17, 15) is 14.0 Å². The first kappa shape index (κ1) is 19.2. The van der Waals surface area contributed by atoms with Crippen molar-refractivity contribution in [2.45, 2.75) is 6.04 Å². The number of aromatic nitrogens is 1. The van der Waals surface area contributed by atoms with Gasteiger partial charge in [0.1, 0.15) is 27.4 Å². The van der Waals surface area contributed by atoms with Crippen LogP contribution >= 0.6 is 33.9 Å². The van der Waals surface area contributed by atoms with E-state index in [2.05, 4.69) is 15.6 Å². The van der Waals surface area contributed by atoms with E-state index in [1.165, 1.54) is 22.3 Å². The summed E-state index contributed by atoms with van der Waals surface area (Å²) in [5, 5.41) is 7.06. The summed E-state index contributed by atoms with van der Waals surface area (Å²) in [6, 6.07) is 8.06. The summed E-state index contributed by atoms with van der Waals surface area (Å²) < 4.78 is 20.6. The number of ether oxygens (including phenoxy) is 1. The van der Waals surface area contributed by atoms with Gasteiger partial charge in [-0.2, -0.15) is 0 Å². The van der Waals surface area contributed by atoms with Crippen LogP contribution in [0.2, 0.25) is 0 Å². The Hall–Kier alpha value is -2.73. The van der Waals surface area contributed by atoms with Crippen LogP contribution < -0.4 is 10.6 Å². The van der Waals surface area contributed by atoms with E-state index >= 15 is 0 Å². The maximum Gasteiger partial charge on any atom is 0.261 e. The molecule has 2 aromatic heterocycles. The van der Waals surface area contributed by atoms with E-state index < -0.39 is 5.82 Å². The lowest BCUT2D eigenvalue weighted by molar-refractivity contribution is -0.127. The van der Waals surface area contributed by atoms with Crippen LogP contribution in [0, 0.1) is 9.39 Å². The highest BCUT2D eigenvalue weighted by Gasteiger charge is 2.36. The summed E-state index contributed by atoms with van der Waals surface area (Å²) >= 11 is 3.33. The van der Waals surface area contributed by atoms with Gasteiger partial charge in [-0.1, -0.05) is 11.3 Å². The predicted molar refractivity (Wildman–Crippen MR) is 119 cm³/mol. The van der Waals surface area contributed by atoms with Crippen LogP contribution in [0.15, 0.2) is 48.5 Å². The van der Waals surface area contributed by atoms with Crippen molar-refractivity contribution >= 4 is 66.6 Å². The molecule has 5 rings (SSSR count). The van der Waals surface area contributed by atoms with Gasteiger partial charge >= 0.3 is 0 Å². The monoisotopic (exact) mass is 536 g/mol. The number of halogens is 2. The Morgan fingerprint density at radius 1 is 1.40 bits per heavy atom. The first-order chi connectivity index (χ1) is 14.5. The van der Waals surface area contributed by atoms with E-state index in [1.807, 2.05) is 28.7 Å². The number of nitrogens with zero attached hydrogens (tertiary/aromatic N) is 2. The fourth-order valence-corrected chi connectivity index (χ4v) is 4.95. The molecule has 0 radical (unpaired) electrons. The summed E-state index contributed by atoms with van der Waals surface area (Å²) in [5.74, 6) is -0.342. The van der Waals surface area contributed by atoms with E-state index in [0.717, 1.165) is 3.57 Å². The lowest BCUT2D eigenvalue weighted by Crippen LogP contribution is -2.46. The van der Waals surface area contributed by atoms with E-state index in [1.54, 1.807) is 30.6 Å². The van der Waals surface area contributed by atoms with E-state index in [4.69, 9.17) is 4.74 Å². The van der Waals surface area contributed by atoms with Crippen LogP contribution in [0.4, 0.5) is 15.1 Å². The standard InChI is InChI=1S/C20H14FIN4O3S/c21-12-6-10(22)3-4-13(12)25-19-17(11-2-1-5-23-18(11)30-19)20(28)26-7-14-15(8-26)29-9-16(27)24-14/h1-6,8,14,25H,7,9H2,(H,24,27)/t14-/m0/s1. The zero-order chi connectivity index (χ0) is 20.8. The molecule has 2 aliphatic rings. The second-order valence-electron chi connectivity index (χ2n) is 6.81. The van der Waals surface area contributed by atoms with E-state index in [-0.39, 0.29) is 36.7 Å². The zero-order valence-electron chi connectivity index (χ0n) is 15.3. The van der Waals surface area contributed by atoms with Crippen molar-refractivity contribution in [3.63, 3.8) is 0 Å². The average molecular weight is 536 g/mol. The molecule has 30 heavy (non-hydrogen) atoms. The van der Waals surface area contributed by atoms with Crippen LogP contribution in [-0.4, -0.2) is 40.9 Å². The molecule has 1 atom stereocenters. The van der Waals surface area contributed by atoms with Gasteiger partial charge in [0.2, 0.25) is 0 Å². The number of benzene rings is 1. The predicted octanol–water partition coefficient (Wildman–Crippen LogP) is 3.60. The molecule has 3 aromatic rings. The summed E-state index contributed by atoms with van der Waals surface area (Å²) in [4.78, 5) is 31.6. The van der Waals surface area contributed by atoms with Crippen molar-refractivity contribution in [1.82, 2.24) is 15.2 Å². The molecular formula is C20H14FIN4O3S. The van der Waals surface area contributed by atoms with Crippen LogP contribution in [0.1, 0.15) is 10.4 Å². The van der Waals surface area contributed by atoms with Gasteiger partial charge in [0.05, 0.1) is 17.8 Å². The molecular weight excluding hydrogens is 522 g/mol. The number of anilines is 2. The first-order valence-electron chi connectivity index (χ1n) is 9.04. The summed E-state index contributed by atoms with van der Waals surface area (Å²) in [6.45, 7) is 0.212. The quantitative estimate of drug-likeness (QED) is 0.501. The molecule has 1 aromatic carbocycles. The Labute approximate surface area is 188 Å². The van der Waals surface area contributed by atoms with Crippen LogP contribution in [0.5, 0.6) is 0 Å². The van der Waals surface area contributed by atoms with Crippen molar-refractivity contribution in [2.75, 3.05) is 18.5 Å². The number of hydrogen-bond acceptors (Lipinski definition) is 6. The number of hydrogen-bond donors (Lipinski definition) is 2. The molecule has 0 saturated carbocycles. The summed E-state index contributed by atoms with van der Waals surface area (Å²) in [6.07, 6.45) is 3.26. The Kier molecular flexibility index (Phi) is 4.82. The Bertz CT molecular complexity index is 1230. The molecule has 152 valence electrons. The average Bonchev–Trinajstić information content (AvgIpc) is 3.30. The number of carbonyl (C=O) groups is 2. The maximum atomic E-state index is 14.4. The molecule has 4 heterocycles. The van der Waals surface area contributed by atoms with Gasteiger partial charge in [-0.05, 0) is 52.9 Å². The minimum Gasteiger partial charge on any atom is -0.484 e. The minimum atomic E-state index is -0.406. The Balaban J connectivity index is 1.53. The number of pyridine rings is 1. The topological polar surface area (TPSA) is 83.6 Å². The molecule has 10 heteroatoms. The fraction of sp³-hybridized carbons (Fsp3) is 0.150. The van der Waals surface area contributed by atoms with Gasteiger partial charge in [-0.3, -0.25) is 9.59 Å². The molecule has 0 unspecified atom stereocenters. The third-order valence-corrected chi connectivity index (χ3v) is 6.53. The number of rotatable bonds is 3. The van der Waals surface area contributed by atoms with Gasteiger partial charge in [0.25, 0.3) is 11.8 Å². The molecule has 0 bridgehead atoms. The number of thiophene rings is 1. The number of fused-ring (bicyclic) bond motifs is 2. The van der Waals surface area contributed by atoms with Gasteiger partial charge in [0.15, 0.2) is 6.61 Å². The number of morpholine rings is 1. The van der Waals surface area contributed by atoms with Crippen molar-refractivity contribution in [1.29, 1.82) is 0 Å². The summed E-state index contributed by atoms with van der Waals surface area (Å²) in [7, 11) is 0. The maximum absolute atomic E-state index is 14.4. The molecule has 0 aliphatic carbocycles.